The Morgan fingerprint density at radius 3 is 2.94 bits per heavy atom. The van der Waals surface area contributed by atoms with Crippen LogP contribution < -0.4 is 10.7 Å². The average molecular weight is 215 g/mol. The largest absolute Gasteiger partial charge is 0.323 e. The number of amides is 1. The number of benzene rings is 1. The summed E-state index contributed by atoms with van der Waals surface area (Å²) in [7, 11) is 1.57. The molecule has 0 saturated carbocycles. The Morgan fingerprint density at radius 2 is 2.19 bits per heavy atom. The van der Waals surface area contributed by atoms with Gasteiger partial charge in [0.25, 0.3) is 5.91 Å². The Balaban J connectivity index is 2.49. The second kappa shape index (κ2) is 3.90. The van der Waals surface area contributed by atoms with Gasteiger partial charge in [0.2, 0.25) is 12.2 Å². The van der Waals surface area contributed by atoms with E-state index in [9.17, 15) is 4.79 Å². The number of nitrogens with one attached hydrogen (secondary N) is 2. The maximum atomic E-state index is 11.9. The fourth-order valence-corrected chi connectivity index (χ4v) is 1.43. The smallest absolute Gasteiger partial charge is 0.274 e. The van der Waals surface area contributed by atoms with E-state index in [1.165, 1.54) is 5.01 Å². The monoisotopic (exact) mass is 215 g/mol. The maximum absolute atomic E-state index is 11.9. The first kappa shape index (κ1) is 9.98. The fourth-order valence-electron chi connectivity index (χ4n) is 1.43. The lowest BCUT2D eigenvalue weighted by atomic mass is 10.1. The highest BCUT2D eigenvalue weighted by molar-refractivity contribution is 6.08. The second-order valence-corrected chi connectivity index (χ2v) is 3.21. The highest BCUT2D eigenvalue weighted by atomic mass is 16.2. The predicted octanol–water partition coefficient (Wildman–Crippen LogP) is 0.526. The molecule has 16 heavy (non-hydrogen) atoms. The van der Waals surface area contributed by atoms with E-state index in [2.05, 4.69) is 15.7 Å². The molecule has 0 bridgehead atoms. The number of anilines is 1. The molecule has 0 saturated heterocycles. The van der Waals surface area contributed by atoms with Crippen LogP contribution in [0.5, 0.6) is 0 Å². The van der Waals surface area contributed by atoms with E-state index >= 15 is 0 Å². The highest BCUT2D eigenvalue weighted by Gasteiger charge is 2.21. The summed E-state index contributed by atoms with van der Waals surface area (Å²) in [6.07, 6.45) is 1.66. The lowest BCUT2D eigenvalue weighted by molar-refractivity contribution is 0.0762. The van der Waals surface area contributed by atoms with Crippen molar-refractivity contribution in [2.75, 3.05) is 12.4 Å². The summed E-state index contributed by atoms with van der Waals surface area (Å²) in [5, 5.41) is 12.6. The number of aliphatic imine (C=N–C) groups is 1. The van der Waals surface area contributed by atoms with Gasteiger partial charge in [-0.25, -0.2) is 0 Å². The molecule has 1 aliphatic rings. The zero-order chi connectivity index (χ0) is 11.5. The molecule has 1 heterocycles. The normalized spacial score (nSPS) is 16.9. The van der Waals surface area contributed by atoms with Crippen LogP contribution in [0.4, 0.5) is 5.69 Å². The van der Waals surface area contributed by atoms with Gasteiger partial charge in [0.1, 0.15) is 0 Å². The number of fused-ring (bicyclic) bond motifs is 1. The van der Waals surface area contributed by atoms with Crippen LogP contribution in [0.1, 0.15) is 10.4 Å². The molecule has 0 aromatic heterocycles. The van der Waals surface area contributed by atoms with Crippen LogP contribution in [-0.2, 0) is 0 Å². The number of hydrogen-bond donors (Lipinski definition) is 2. The number of carbonyl (C=O) groups is 1. The van der Waals surface area contributed by atoms with Crippen molar-refractivity contribution >= 4 is 17.6 Å². The summed E-state index contributed by atoms with van der Waals surface area (Å²) in [5.41, 5.74) is 3.83. The van der Waals surface area contributed by atoms with Gasteiger partial charge in [-0.1, -0.05) is 12.1 Å². The van der Waals surface area contributed by atoms with Crippen LogP contribution in [-0.4, -0.2) is 23.9 Å². The number of para-hydroxylation sites is 1. The Morgan fingerprint density at radius 1 is 1.44 bits per heavy atom. The molecule has 0 spiro atoms. The molecule has 6 nitrogen and oxygen atoms in total. The Kier molecular flexibility index (Phi) is 2.44. The van der Waals surface area contributed by atoms with E-state index in [0.717, 1.165) is 0 Å². The number of nitrogens with zero attached hydrogens (tertiary/aromatic N) is 3. The van der Waals surface area contributed by atoms with Gasteiger partial charge in [-0.15, -0.1) is 4.99 Å². The summed E-state index contributed by atoms with van der Waals surface area (Å²) in [5.74, 6) is 0.0366. The van der Waals surface area contributed by atoms with Crippen molar-refractivity contribution in [1.82, 2.24) is 10.4 Å². The van der Waals surface area contributed by atoms with Crippen LogP contribution in [0.15, 0.2) is 29.3 Å². The van der Waals surface area contributed by atoms with Crippen molar-refractivity contribution in [2.24, 2.45) is 4.99 Å². The summed E-state index contributed by atoms with van der Waals surface area (Å²) in [6.45, 7) is 0. The maximum Gasteiger partial charge on any atom is 0.274 e. The average Bonchev–Trinajstić information content (AvgIpc) is 2.39. The zero-order valence-electron chi connectivity index (χ0n) is 8.56. The van der Waals surface area contributed by atoms with E-state index in [1.54, 1.807) is 37.5 Å². The molecule has 1 aromatic rings. The van der Waals surface area contributed by atoms with Crippen molar-refractivity contribution in [3.63, 3.8) is 0 Å². The molecule has 1 aromatic carbocycles. The topological polar surface area (TPSA) is 80.5 Å². The predicted molar refractivity (Wildman–Crippen MR) is 58.3 cm³/mol. The first-order valence-corrected chi connectivity index (χ1v) is 4.60. The van der Waals surface area contributed by atoms with E-state index in [-0.39, 0.29) is 11.9 Å². The standard InChI is InChI=1S/C10H9N5O/c1-15-9(16)7-4-2-3-5-8(7)13-10(14-15)12-6-11/h2-5H,1H3,(H2,12,13,14). The molecular weight excluding hydrogens is 206 g/mol. The van der Waals surface area contributed by atoms with Gasteiger partial charge in [0.05, 0.1) is 11.3 Å². The third-order valence-electron chi connectivity index (χ3n) is 2.15. The third kappa shape index (κ3) is 1.66. The third-order valence-corrected chi connectivity index (χ3v) is 2.15. The van der Waals surface area contributed by atoms with Gasteiger partial charge in [-0.2, -0.15) is 5.26 Å². The molecule has 0 radical (unpaired) electrons. The Labute approximate surface area is 92.2 Å². The van der Waals surface area contributed by atoms with E-state index < -0.39 is 0 Å². The summed E-state index contributed by atoms with van der Waals surface area (Å²) in [6, 6.07) is 7.03. The lowest BCUT2D eigenvalue weighted by Gasteiger charge is -2.15. The number of guanidine groups is 1. The molecule has 1 amide bonds. The minimum Gasteiger partial charge on any atom is -0.323 e. The van der Waals surface area contributed by atoms with Gasteiger partial charge < -0.3 is 5.32 Å². The molecular formula is C10H9N5O. The van der Waals surface area contributed by atoms with Gasteiger partial charge in [-0.3, -0.25) is 15.2 Å². The number of rotatable bonds is 0. The SMILES string of the molecule is CN1N/C(=N/C#N)Nc2ccccc2C1=O. The lowest BCUT2D eigenvalue weighted by Crippen LogP contribution is -2.43. The molecule has 2 N–H and O–H groups in total. The molecule has 0 atom stereocenters. The van der Waals surface area contributed by atoms with Crippen LogP contribution in [0.25, 0.3) is 0 Å². The molecule has 0 aliphatic carbocycles. The Hall–Kier alpha value is -2.55. The molecule has 2 rings (SSSR count). The highest BCUT2D eigenvalue weighted by Crippen LogP contribution is 2.18. The Bertz CT molecular complexity index is 502. The minimum atomic E-state index is -0.189. The van der Waals surface area contributed by atoms with Crippen LogP contribution in [0.3, 0.4) is 0 Å². The van der Waals surface area contributed by atoms with E-state index in [0.29, 0.717) is 11.3 Å². The second-order valence-electron chi connectivity index (χ2n) is 3.21. The molecule has 0 fully saturated rings. The van der Waals surface area contributed by atoms with Crippen LogP contribution >= 0.6 is 0 Å². The minimum absolute atomic E-state index is 0.189. The van der Waals surface area contributed by atoms with E-state index in [4.69, 9.17) is 5.26 Å². The van der Waals surface area contributed by atoms with Gasteiger partial charge >= 0.3 is 0 Å². The van der Waals surface area contributed by atoms with Gasteiger partial charge in [0.15, 0.2) is 0 Å². The first-order chi connectivity index (χ1) is 7.72. The van der Waals surface area contributed by atoms with E-state index in [1.807, 2.05) is 0 Å². The number of hydrazine groups is 1. The number of nitriles is 1. The molecule has 0 unspecified atom stereocenters. The fraction of sp³-hybridized carbons (Fsp3) is 0.100. The van der Waals surface area contributed by atoms with Crippen molar-refractivity contribution in [1.29, 1.82) is 5.26 Å². The van der Waals surface area contributed by atoms with Crippen molar-refractivity contribution in [2.45, 2.75) is 0 Å². The zero-order valence-corrected chi connectivity index (χ0v) is 8.56. The summed E-state index contributed by atoms with van der Waals surface area (Å²) >= 11 is 0. The van der Waals surface area contributed by atoms with Crippen molar-refractivity contribution < 1.29 is 4.79 Å². The van der Waals surface area contributed by atoms with Crippen LogP contribution in [0, 0.1) is 11.5 Å². The summed E-state index contributed by atoms with van der Waals surface area (Å²) < 4.78 is 0. The quantitative estimate of drug-likeness (QED) is 0.618. The first-order valence-electron chi connectivity index (χ1n) is 4.60. The van der Waals surface area contributed by atoms with Gasteiger partial charge in [0, 0.05) is 7.05 Å². The molecule has 80 valence electrons. The number of hydrogen-bond acceptors (Lipinski definition) is 3. The van der Waals surface area contributed by atoms with Crippen molar-refractivity contribution in [3.05, 3.63) is 29.8 Å². The summed E-state index contributed by atoms with van der Waals surface area (Å²) in [4.78, 5) is 15.4. The van der Waals surface area contributed by atoms with Crippen molar-refractivity contribution in [3.8, 4) is 6.19 Å². The molecule has 6 heteroatoms. The van der Waals surface area contributed by atoms with Crippen LogP contribution in [0.2, 0.25) is 0 Å². The molecule has 1 aliphatic heterocycles. The van der Waals surface area contributed by atoms with Gasteiger partial charge in [-0.05, 0) is 12.1 Å². The number of carbonyl (C=O) groups excluding carboxylic acids is 1.